The number of non-ortho nitro benzene ring substituents is 1. The molecule has 2 heterocycles. The number of rotatable bonds is 9. The van der Waals surface area contributed by atoms with Crippen LogP contribution in [-0.4, -0.2) is 100 Å². The molecule has 306 valence electrons. The molecule has 2 saturated heterocycles. The molecule has 0 unspecified atom stereocenters. The summed E-state index contributed by atoms with van der Waals surface area (Å²) in [7, 11) is 0. The van der Waals surface area contributed by atoms with Gasteiger partial charge in [-0.05, 0) is 53.7 Å². The van der Waals surface area contributed by atoms with Gasteiger partial charge in [0.1, 0.15) is 34.9 Å². The number of ether oxygens (including phenoxy) is 4. The van der Waals surface area contributed by atoms with E-state index in [0.717, 1.165) is 12.1 Å². The smallest absolute Gasteiger partial charge is 0.410 e. The molecule has 0 spiro atoms. The topological polar surface area (TPSA) is 319 Å². The van der Waals surface area contributed by atoms with Crippen LogP contribution in [0.4, 0.5) is 21.0 Å². The number of primary amides is 4. The van der Waals surface area contributed by atoms with Crippen LogP contribution in [0.25, 0.3) is 0 Å². The van der Waals surface area contributed by atoms with Crippen LogP contribution >= 0.6 is 0 Å². The lowest BCUT2D eigenvalue weighted by Gasteiger charge is -2.34. The number of nitro groups is 1. The highest BCUT2D eigenvalue weighted by Gasteiger charge is 2.32. The number of benzene rings is 2. The summed E-state index contributed by atoms with van der Waals surface area (Å²) in [5, 5.41) is 11.1. The van der Waals surface area contributed by atoms with Crippen molar-refractivity contribution >= 4 is 47.2 Å². The fraction of sp³-hybridized carbons (Fsp3) is 0.500. The van der Waals surface area contributed by atoms with E-state index in [9.17, 15) is 38.9 Å². The summed E-state index contributed by atoms with van der Waals surface area (Å²) in [6, 6.07) is 4.58. The van der Waals surface area contributed by atoms with Crippen LogP contribution < -0.4 is 38.1 Å². The Hall–Kier alpha value is -6.34. The molecule has 0 bridgehead atoms. The van der Waals surface area contributed by atoms with Gasteiger partial charge < -0.3 is 57.4 Å². The van der Waals surface area contributed by atoms with Crippen molar-refractivity contribution in [2.24, 2.45) is 22.9 Å². The van der Waals surface area contributed by atoms with E-state index in [1.807, 2.05) is 0 Å². The molecule has 6 amide bonds. The molecule has 0 aliphatic carbocycles. The quantitative estimate of drug-likeness (QED) is 0.139. The van der Waals surface area contributed by atoms with Crippen LogP contribution in [0.5, 0.6) is 11.5 Å². The third-order valence-corrected chi connectivity index (χ3v) is 8.21. The fourth-order valence-corrected chi connectivity index (χ4v) is 5.65. The monoisotopic (exact) mass is 786 g/mol. The average molecular weight is 787 g/mol. The van der Waals surface area contributed by atoms with Gasteiger partial charge in [0.15, 0.2) is 0 Å². The van der Waals surface area contributed by atoms with Crippen molar-refractivity contribution in [3.63, 3.8) is 0 Å². The van der Waals surface area contributed by atoms with E-state index in [4.69, 9.17) is 47.6 Å². The number of likely N-dealkylation sites (tertiary alicyclic amines) is 2. The second kappa shape index (κ2) is 17.9. The Bertz CT molecular complexity index is 1780. The maximum atomic E-state index is 12.1. The predicted octanol–water partition coefficient (Wildman–Crippen LogP) is 2.82. The highest BCUT2D eigenvalue weighted by Crippen LogP contribution is 2.33. The largest absolute Gasteiger partial charge is 0.489 e. The molecule has 4 rings (SSSR count). The average Bonchev–Trinajstić information content (AvgIpc) is 3.07. The molecule has 2 aromatic rings. The third kappa shape index (κ3) is 12.4. The van der Waals surface area contributed by atoms with Crippen molar-refractivity contribution in [3.05, 3.63) is 56.6 Å². The van der Waals surface area contributed by atoms with Crippen LogP contribution in [0, 0.1) is 10.1 Å². The van der Waals surface area contributed by atoms with E-state index in [0.29, 0.717) is 51.9 Å². The van der Waals surface area contributed by atoms with E-state index in [1.165, 1.54) is 17.0 Å². The summed E-state index contributed by atoms with van der Waals surface area (Å²) in [4.78, 5) is 84.7. The molecule has 2 fully saturated rings. The maximum absolute atomic E-state index is 12.1. The zero-order chi connectivity index (χ0) is 42.3. The first-order valence-corrected chi connectivity index (χ1v) is 17.6. The Kier molecular flexibility index (Phi) is 14.1. The van der Waals surface area contributed by atoms with E-state index < -0.39 is 57.6 Å². The first-order chi connectivity index (χ1) is 25.9. The predicted molar refractivity (Wildman–Crippen MR) is 201 cm³/mol. The maximum Gasteiger partial charge on any atom is 0.410 e. The van der Waals surface area contributed by atoms with E-state index in [-0.39, 0.29) is 51.6 Å². The Labute approximate surface area is 323 Å². The molecule has 20 nitrogen and oxygen atoms in total. The minimum absolute atomic E-state index is 0.00151. The Morgan fingerprint density at radius 3 is 1.14 bits per heavy atom. The number of hydrogen-bond donors (Lipinski definition) is 5. The number of nitrogens with two attached hydrogens (primary N) is 5. The van der Waals surface area contributed by atoms with Crippen molar-refractivity contribution in [2.45, 2.75) is 90.6 Å². The first kappa shape index (κ1) is 44.1. The number of nitro benzene ring substituents is 1. The van der Waals surface area contributed by atoms with Crippen LogP contribution in [0.2, 0.25) is 0 Å². The van der Waals surface area contributed by atoms with Gasteiger partial charge in [0.05, 0.1) is 27.2 Å². The number of nitrogen functional groups attached to an aromatic ring is 1. The van der Waals surface area contributed by atoms with Crippen molar-refractivity contribution < 1.29 is 52.6 Å². The van der Waals surface area contributed by atoms with Gasteiger partial charge in [0.2, 0.25) is 0 Å². The molecule has 2 aliphatic heterocycles. The zero-order valence-electron chi connectivity index (χ0n) is 32.2. The summed E-state index contributed by atoms with van der Waals surface area (Å²) in [5.74, 6) is -3.68. The van der Waals surface area contributed by atoms with Crippen LogP contribution in [0.3, 0.4) is 0 Å². The summed E-state index contributed by atoms with van der Waals surface area (Å²) >= 11 is 0. The Morgan fingerprint density at radius 2 is 0.893 bits per heavy atom. The molecule has 10 N–H and O–H groups in total. The molecular weight excluding hydrogens is 736 g/mol. The minimum atomic E-state index is -0.989. The Balaban J connectivity index is 0.000000301. The molecule has 20 heteroatoms. The number of nitrogens with zero attached hydrogens (tertiary/aromatic N) is 3. The van der Waals surface area contributed by atoms with Crippen LogP contribution in [-0.2, 0) is 9.47 Å². The summed E-state index contributed by atoms with van der Waals surface area (Å²) in [6.45, 7) is 12.2. The number of hydrogen-bond acceptors (Lipinski definition) is 13. The lowest BCUT2D eigenvalue weighted by Crippen LogP contribution is -2.44. The molecule has 0 aromatic heterocycles. The number of carbonyl (C=O) groups is 6. The van der Waals surface area contributed by atoms with Crippen molar-refractivity contribution in [2.75, 3.05) is 31.9 Å². The summed E-state index contributed by atoms with van der Waals surface area (Å²) in [6.07, 6.45) is 0.195. The minimum Gasteiger partial charge on any atom is -0.489 e. The van der Waals surface area contributed by atoms with Crippen molar-refractivity contribution in [1.29, 1.82) is 0 Å². The van der Waals surface area contributed by atoms with E-state index >= 15 is 0 Å². The number of amides is 6. The van der Waals surface area contributed by atoms with Gasteiger partial charge >= 0.3 is 12.2 Å². The molecule has 2 aromatic carbocycles. The number of carbonyl (C=O) groups excluding carboxylic acids is 6. The van der Waals surface area contributed by atoms with Gasteiger partial charge in [-0.2, -0.15) is 0 Å². The first-order valence-electron chi connectivity index (χ1n) is 17.6. The van der Waals surface area contributed by atoms with E-state index in [2.05, 4.69) is 0 Å². The van der Waals surface area contributed by atoms with Gasteiger partial charge in [-0.1, -0.05) is 0 Å². The number of anilines is 1. The van der Waals surface area contributed by atoms with Crippen LogP contribution in [0.1, 0.15) is 109 Å². The highest BCUT2D eigenvalue weighted by molar-refractivity contribution is 6.05. The van der Waals surface area contributed by atoms with Gasteiger partial charge in [-0.3, -0.25) is 29.3 Å². The fourth-order valence-electron chi connectivity index (χ4n) is 5.65. The van der Waals surface area contributed by atoms with Crippen LogP contribution in [0.15, 0.2) is 24.3 Å². The van der Waals surface area contributed by atoms with E-state index in [1.54, 1.807) is 46.4 Å². The van der Waals surface area contributed by atoms with Gasteiger partial charge in [0.25, 0.3) is 29.3 Å². The molecule has 2 aliphatic rings. The number of piperidine rings is 2. The lowest BCUT2D eigenvalue weighted by molar-refractivity contribution is -0.384. The SMILES string of the molecule is CC(C)(C)OC(=O)N1CCC(Oc2c(C(N)=O)cc(N)cc2C(N)=O)CC1.CC(C)(C)OC(=O)N1CCC(Oc2c(C(N)=O)cc([N+](=O)[O-])cc2C(N)=O)CC1. The lowest BCUT2D eigenvalue weighted by atomic mass is 10.0. The third-order valence-electron chi connectivity index (χ3n) is 8.21. The van der Waals surface area contributed by atoms with Crippen molar-refractivity contribution in [1.82, 2.24) is 9.80 Å². The normalized spacial score (nSPS) is 15.1. The second-order valence-electron chi connectivity index (χ2n) is 15.1. The molecule has 0 saturated carbocycles. The summed E-state index contributed by atoms with van der Waals surface area (Å²) < 4.78 is 22.4. The molecule has 0 atom stereocenters. The molecule has 56 heavy (non-hydrogen) atoms. The van der Waals surface area contributed by atoms with Gasteiger partial charge in [0, 0.05) is 69.7 Å². The second-order valence-corrected chi connectivity index (χ2v) is 15.1. The Morgan fingerprint density at radius 1 is 0.607 bits per heavy atom. The molecular formula is C36H50N8O12. The zero-order valence-corrected chi connectivity index (χ0v) is 32.2. The van der Waals surface area contributed by atoms with Gasteiger partial charge in [-0.25, -0.2) is 9.59 Å². The molecule has 0 radical (unpaired) electrons. The summed E-state index contributed by atoms with van der Waals surface area (Å²) in [5.41, 5.74) is 25.0. The van der Waals surface area contributed by atoms with Crippen molar-refractivity contribution in [3.8, 4) is 11.5 Å². The standard InChI is InChI=1S/C18H24N4O7.C18H26N4O5/c1-18(2,3)29-17(25)21-6-4-11(5-7-21)28-14-12(15(19)23)8-10(22(26)27)9-13(14)16(20)24;1-18(2,3)27-17(25)22-6-4-11(5-7-22)26-14-12(15(20)23)8-10(19)9-13(14)16(21)24/h8-9,11H,4-7H2,1-3H3,(H2,19,23)(H2,20,24);8-9,11H,4-7,19H2,1-3H3,(H2,20,23)(H2,21,24). The highest BCUT2D eigenvalue weighted by atomic mass is 16.6. The van der Waals surface area contributed by atoms with Gasteiger partial charge in [-0.15, -0.1) is 0 Å².